The maximum atomic E-state index is 12.6. The van der Waals surface area contributed by atoms with Gasteiger partial charge < -0.3 is 20.3 Å². The lowest BCUT2D eigenvalue weighted by atomic mass is 10.0. The molecule has 0 bridgehead atoms. The highest BCUT2D eigenvalue weighted by molar-refractivity contribution is 5.76. The first kappa shape index (κ1) is 92.9. The Morgan fingerprint density at radius 2 is 0.436 bits per heavy atom. The summed E-state index contributed by atoms with van der Waals surface area (Å²) < 4.78 is 5.51. The van der Waals surface area contributed by atoms with Crippen LogP contribution in [0, 0.1) is 0 Å². The molecule has 3 N–H and O–H groups in total. The largest absolute Gasteiger partial charge is 0.466 e. The topological polar surface area (TPSA) is 95.9 Å². The first-order chi connectivity index (χ1) is 46.5. The fraction of sp³-hybridized carbons (Fsp3) is 0.977. The average Bonchev–Trinajstić information content (AvgIpc) is 2.94. The molecule has 2 unspecified atom stereocenters. The highest BCUT2D eigenvalue weighted by Crippen LogP contribution is 2.22. The number of rotatable bonds is 85. The molecule has 0 aliphatic heterocycles. The molecule has 562 valence electrons. The van der Waals surface area contributed by atoms with E-state index in [0.29, 0.717) is 25.9 Å². The molecule has 0 aromatic carbocycles. The summed E-state index contributed by atoms with van der Waals surface area (Å²) in [5, 5.41) is 23.5. The number of amides is 1. The summed E-state index contributed by atoms with van der Waals surface area (Å²) >= 11 is 0. The van der Waals surface area contributed by atoms with E-state index in [0.717, 1.165) is 38.5 Å². The van der Waals surface area contributed by atoms with Crippen molar-refractivity contribution in [2.24, 2.45) is 0 Å². The number of nitrogens with one attached hydrogen (secondary N) is 1. The Bertz CT molecular complexity index is 1390. The molecule has 0 spiro atoms. The second-order valence-corrected chi connectivity index (χ2v) is 30.9. The minimum atomic E-state index is -0.661. The Balaban J connectivity index is 3.29. The van der Waals surface area contributed by atoms with Crippen LogP contribution in [0.1, 0.15) is 528 Å². The van der Waals surface area contributed by atoms with Crippen LogP contribution in [0.4, 0.5) is 0 Å². The molecular formula is C88H175NO5. The van der Waals surface area contributed by atoms with E-state index >= 15 is 0 Å². The lowest BCUT2D eigenvalue weighted by Gasteiger charge is -2.22. The number of aliphatic hydroxyl groups excluding tert-OH is 2. The van der Waals surface area contributed by atoms with E-state index in [1.807, 2.05) is 0 Å². The van der Waals surface area contributed by atoms with Crippen LogP contribution >= 0.6 is 0 Å². The molecule has 0 aromatic rings. The number of ether oxygens (including phenoxy) is 1. The molecule has 6 nitrogen and oxygen atoms in total. The molecule has 2 atom stereocenters. The van der Waals surface area contributed by atoms with E-state index < -0.39 is 12.1 Å². The van der Waals surface area contributed by atoms with Gasteiger partial charge in [-0.05, 0) is 25.7 Å². The van der Waals surface area contributed by atoms with Gasteiger partial charge in [0.05, 0.1) is 25.4 Å². The number of carbonyl (C=O) groups excluding carboxylic acids is 2. The molecule has 0 radical (unpaired) electrons. The summed E-state index contributed by atoms with van der Waals surface area (Å²) in [6.45, 7) is 5.03. The van der Waals surface area contributed by atoms with E-state index in [4.69, 9.17) is 4.74 Å². The quantitative estimate of drug-likeness (QED) is 0.0417. The van der Waals surface area contributed by atoms with Gasteiger partial charge in [0.15, 0.2) is 0 Å². The van der Waals surface area contributed by atoms with Crippen LogP contribution in [0.2, 0.25) is 0 Å². The molecule has 6 heteroatoms. The van der Waals surface area contributed by atoms with Crippen molar-refractivity contribution in [2.45, 2.75) is 540 Å². The van der Waals surface area contributed by atoms with Gasteiger partial charge in [-0.3, -0.25) is 9.59 Å². The second-order valence-electron chi connectivity index (χ2n) is 30.9. The SMILES string of the molecule is CCCCCCCCCCCCCCCCCCCCCCCCCCC(O)C(CO)NC(=O)CCCCCCCCCCCCCCCCCCCCCCCCCCCCCCCCCCCCCCCCCOC(=O)CCCCCCCCCCCCCCCC. The van der Waals surface area contributed by atoms with E-state index in [1.54, 1.807) is 0 Å². The van der Waals surface area contributed by atoms with Gasteiger partial charge in [0, 0.05) is 12.8 Å². The van der Waals surface area contributed by atoms with Gasteiger partial charge in [-0.2, -0.15) is 0 Å². The van der Waals surface area contributed by atoms with Crippen LogP contribution in [-0.2, 0) is 14.3 Å². The summed E-state index contributed by atoms with van der Waals surface area (Å²) in [6, 6.07) is -0.537. The minimum absolute atomic E-state index is 0.0217. The van der Waals surface area contributed by atoms with Gasteiger partial charge in [0.2, 0.25) is 5.91 Å². The van der Waals surface area contributed by atoms with Crippen molar-refractivity contribution in [2.75, 3.05) is 13.2 Å². The van der Waals surface area contributed by atoms with Crippen LogP contribution in [0.15, 0.2) is 0 Å². The molecule has 0 heterocycles. The highest BCUT2D eigenvalue weighted by atomic mass is 16.5. The third kappa shape index (κ3) is 79.8. The van der Waals surface area contributed by atoms with Crippen LogP contribution in [-0.4, -0.2) is 47.4 Å². The van der Waals surface area contributed by atoms with Crippen LogP contribution < -0.4 is 5.32 Å². The Labute approximate surface area is 591 Å². The number of aliphatic hydroxyl groups is 2. The monoisotopic (exact) mass is 1330 g/mol. The predicted octanol–water partition coefficient (Wildman–Crippen LogP) is 29.6. The van der Waals surface area contributed by atoms with Crippen LogP contribution in [0.5, 0.6) is 0 Å². The molecule has 0 aliphatic rings. The maximum absolute atomic E-state index is 12.6. The number of carbonyl (C=O) groups is 2. The normalized spacial score (nSPS) is 12.3. The zero-order valence-corrected chi connectivity index (χ0v) is 64.8. The Hall–Kier alpha value is -1.14. The molecule has 0 aromatic heterocycles. The number of hydrogen-bond acceptors (Lipinski definition) is 5. The molecular weight excluding hydrogens is 1150 g/mol. The van der Waals surface area contributed by atoms with Gasteiger partial charge >= 0.3 is 5.97 Å². The summed E-state index contributed by atoms with van der Waals surface area (Å²) in [5.41, 5.74) is 0. The summed E-state index contributed by atoms with van der Waals surface area (Å²) in [7, 11) is 0. The van der Waals surface area contributed by atoms with E-state index in [1.165, 1.54) is 456 Å². The molecule has 0 saturated heterocycles. The molecule has 0 saturated carbocycles. The van der Waals surface area contributed by atoms with Gasteiger partial charge in [-0.25, -0.2) is 0 Å². The van der Waals surface area contributed by atoms with Crippen molar-refractivity contribution in [3.8, 4) is 0 Å². The third-order valence-electron chi connectivity index (χ3n) is 21.4. The van der Waals surface area contributed by atoms with E-state index in [9.17, 15) is 19.8 Å². The standard InChI is InChI=1S/C88H175NO5/c1-3-5-7-9-11-13-15-17-19-20-21-22-23-41-44-47-50-53-56-60-64-68-72-76-80-86(91)85(84-90)89-87(92)81-77-73-69-65-61-57-54-51-48-45-42-39-37-35-33-31-29-27-25-24-26-28-30-32-34-36-38-40-43-46-49-52-55-59-63-67-71-75-79-83-94-88(93)82-78-74-70-66-62-58-18-16-14-12-10-8-6-4-2/h85-86,90-91H,3-84H2,1-2H3,(H,89,92). The van der Waals surface area contributed by atoms with Crippen molar-refractivity contribution in [1.82, 2.24) is 5.32 Å². The average molecular weight is 1330 g/mol. The molecule has 0 aliphatic carbocycles. The zero-order chi connectivity index (χ0) is 67.7. The van der Waals surface area contributed by atoms with E-state index in [-0.39, 0.29) is 18.5 Å². The van der Waals surface area contributed by atoms with E-state index in [2.05, 4.69) is 19.2 Å². The van der Waals surface area contributed by atoms with Crippen molar-refractivity contribution in [1.29, 1.82) is 0 Å². The summed E-state index contributed by atoms with van der Waals surface area (Å²) in [5.74, 6) is 0.00623. The molecule has 0 fully saturated rings. The fourth-order valence-electron chi connectivity index (χ4n) is 14.7. The van der Waals surface area contributed by atoms with Gasteiger partial charge in [0.1, 0.15) is 0 Å². The van der Waals surface area contributed by atoms with Crippen LogP contribution in [0.3, 0.4) is 0 Å². The zero-order valence-electron chi connectivity index (χ0n) is 64.8. The Kier molecular flexibility index (Phi) is 83.3. The molecule has 94 heavy (non-hydrogen) atoms. The van der Waals surface area contributed by atoms with Crippen molar-refractivity contribution in [3.05, 3.63) is 0 Å². The fourth-order valence-corrected chi connectivity index (χ4v) is 14.7. The first-order valence-electron chi connectivity index (χ1n) is 44.3. The van der Waals surface area contributed by atoms with Crippen LogP contribution in [0.25, 0.3) is 0 Å². The minimum Gasteiger partial charge on any atom is -0.466 e. The summed E-state index contributed by atoms with van der Waals surface area (Å²) in [6.07, 6.45) is 107. The van der Waals surface area contributed by atoms with Crippen molar-refractivity contribution in [3.63, 3.8) is 0 Å². The lowest BCUT2D eigenvalue weighted by molar-refractivity contribution is -0.143. The predicted molar refractivity (Wildman–Crippen MR) is 417 cm³/mol. The Morgan fingerprint density at radius 3 is 0.649 bits per heavy atom. The Morgan fingerprint density at radius 1 is 0.255 bits per heavy atom. The smallest absolute Gasteiger partial charge is 0.305 e. The van der Waals surface area contributed by atoms with Gasteiger partial charge in [-0.1, -0.05) is 489 Å². The number of unbranched alkanes of at least 4 members (excludes halogenated alkanes) is 74. The second kappa shape index (κ2) is 84.3. The first-order valence-corrected chi connectivity index (χ1v) is 44.3. The van der Waals surface area contributed by atoms with Crippen molar-refractivity contribution >= 4 is 11.9 Å². The highest BCUT2D eigenvalue weighted by Gasteiger charge is 2.20. The molecule has 1 amide bonds. The van der Waals surface area contributed by atoms with Gasteiger partial charge in [-0.15, -0.1) is 0 Å². The third-order valence-corrected chi connectivity index (χ3v) is 21.4. The summed E-state index contributed by atoms with van der Waals surface area (Å²) in [4.78, 5) is 24.7. The number of hydrogen-bond donors (Lipinski definition) is 3. The maximum Gasteiger partial charge on any atom is 0.305 e. The number of esters is 1. The molecule has 0 rings (SSSR count). The van der Waals surface area contributed by atoms with Crippen molar-refractivity contribution < 1.29 is 24.5 Å². The van der Waals surface area contributed by atoms with Gasteiger partial charge in [0.25, 0.3) is 0 Å². The lowest BCUT2D eigenvalue weighted by Crippen LogP contribution is -2.45.